The molecule has 2 aromatic rings. The summed E-state index contributed by atoms with van der Waals surface area (Å²) in [7, 11) is 0. The molecule has 1 aromatic carbocycles. The first-order valence-electron chi connectivity index (χ1n) is 5.85. The van der Waals surface area contributed by atoms with Gasteiger partial charge in [-0.15, -0.1) is 0 Å². The number of hydrogen-bond donors (Lipinski definition) is 3. The molecule has 0 saturated heterocycles. The number of anilines is 3. The van der Waals surface area contributed by atoms with Crippen LogP contribution in [0.5, 0.6) is 0 Å². The topological polar surface area (TPSA) is 87.1 Å². The molecular weight excluding hydrogens is 324 g/mol. The molecule has 0 spiro atoms. The van der Waals surface area contributed by atoms with Crippen LogP contribution in [0.1, 0.15) is 5.56 Å². The van der Waals surface area contributed by atoms with E-state index < -0.39 is 5.97 Å². The summed E-state index contributed by atoms with van der Waals surface area (Å²) < 4.78 is 1.01. The number of aryl methyl sites for hydroxylation is 1. The second kappa shape index (κ2) is 6.33. The number of nitrogens with one attached hydrogen (secondary N) is 2. The first-order valence-corrected chi connectivity index (χ1v) is 6.65. The second-order valence-electron chi connectivity index (χ2n) is 4.12. The molecule has 6 nitrogen and oxygen atoms in total. The molecule has 0 aliphatic heterocycles. The monoisotopic (exact) mass is 336 g/mol. The minimum atomic E-state index is -0.945. The van der Waals surface area contributed by atoms with E-state index in [0.717, 1.165) is 15.7 Å². The van der Waals surface area contributed by atoms with Crippen LogP contribution in [0, 0.1) is 6.92 Å². The van der Waals surface area contributed by atoms with Gasteiger partial charge in [-0.3, -0.25) is 4.79 Å². The Kier molecular flexibility index (Phi) is 4.52. The average molecular weight is 337 g/mol. The van der Waals surface area contributed by atoms with Gasteiger partial charge in [0.05, 0.1) is 12.4 Å². The molecule has 0 atom stereocenters. The molecule has 0 fully saturated rings. The number of halogens is 1. The lowest BCUT2D eigenvalue weighted by Crippen LogP contribution is -2.13. The van der Waals surface area contributed by atoms with Crippen molar-refractivity contribution in [1.82, 2.24) is 9.97 Å². The van der Waals surface area contributed by atoms with Crippen LogP contribution in [0.3, 0.4) is 0 Å². The minimum Gasteiger partial charge on any atom is -0.480 e. The number of aromatic nitrogens is 2. The van der Waals surface area contributed by atoms with Crippen molar-refractivity contribution >= 4 is 39.2 Å². The highest BCUT2D eigenvalue weighted by Crippen LogP contribution is 2.22. The van der Waals surface area contributed by atoms with Crippen molar-refractivity contribution in [2.75, 3.05) is 17.2 Å². The van der Waals surface area contributed by atoms with Crippen molar-refractivity contribution < 1.29 is 9.90 Å². The molecule has 0 bridgehead atoms. The first kappa shape index (κ1) is 14.3. The molecule has 7 heteroatoms. The lowest BCUT2D eigenvalue weighted by Gasteiger charge is -2.09. The van der Waals surface area contributed by atoms with Crippen molar-refractivity contribution in [3.05, 3.63) is 40.6 Å². The summed E-state index contributed by atoms with van der Waals surface area (Å²) in [4.78, 5) is 18.7. The maximum atomic E-state index is 10.4. The van der Waals surface area contributed by atoms with Crippen molar-refractivity contribution in [3.8, 4) is 0 Å². The molecule has 3 N–H and O–H groups in total. The van der Waals surface area contributed by atoms with E-state index in [2.05, 4.69) is 36.5 Å². The summed E-state index contributed by atoms with van der Waals surface area (Å²) in [6, 6.07) is 5.88. The number of carbonyl (C=O) groups is 1. The molecule has 0 aliphatic rings. The molecule has 0 unspecified atom stereocenters. The Morgan fingerprint density at radius 1 is 1.30 bits per heavy atom. The number of rotatable bonds is 5. The zero-order valence-corrected chi connectivity index (χ0v) is 12.3. The Morgan fingerprint density at radius 3 is 2.60 bits per heavy atom. The Balaban J connectivity index is 2.05. The van der Waals surface area contributed by atoms with Gasteiger partial charge >= 0.3 is 5.97 Å². The Morgan fingerprint density at radius 2 is 2.00 bits per heavy atom. The maximum Gasteiger partial charge on any atom is 0.322 e. The SMILES string of the molecule is Cc1cc(Br)ccc1Nc1cnc(NCC(=O)O)cn1. The summed E-state index contributed by atoms with van der Waals surface area (Å²) in [6.45, 7) is 1.80. The predicted octanol–water partition coefficient (Wildman–Crippen LogP) is 2.79. The van der Waals surface area contributed by atoms with Crippen LogP contribution < -0.4 is 10.6 Å². The Bertz CT molecular complexity index is 616. The van der Waals surface area contributed by atoms with Crippen LogP contribution in [-0.2, 0) is 4.79 Å². The largest absolute Gasteiger partial charge is 0.480 e. The van der Waals surface area contributed by atoms with Gasteiger partial charge in [0.1, 0.15) is 18.2 Å². The predicted molar refractivity (Wildman–Crippen MR) is 80.3 cm³/mol. The smallest absolute Gasteiger partial charge is 0.322 e. The van der Waals surface area contributed by atoms with Crippen LogP contribution in [0.15, 0.2) is 35.1 Å². The first-order chi connectivity index (χ1) is 9.54. The molecule has 1 heterocycles. The third-order valence-corrected chi connectivity index (χ3v) is 3.02. The number of carboxylic acid groups (broad SMARTS) is 1. The molecule has 1 aromatic heterocycles. The van der Waals surface area contributed by atoms with E-state index in [9.17, 15) is 4.79 Å². The van der Waals surface area contributed by atoms with E-state index in [1.807, 2.05) is 25.1 Å². The molecule has 2 rings (SSSR count). The summed E-state index contributed by atoms with van der Waals surface area (Å²) in [5.41, 5.74) is 2.02. The fraction of sp³-hybridized carbons (Fsp3) is 0.154. The van der Waals surface area contributed by atoms with E-state index >= 15 is 0 Å². The number of hydrogen-bond acceptors (Lipinski definition) is 5. The van der Waals surface area contributed by atoms with Gasteiger partial charge in [0, 0.05) is 10.2 Å². The van der Waals surface area contributed by atoms with E-state index in [1.165, 1.54) is 6.20 Å². The fourth-order valence-corrected chi connectivity index (χ4v) is 2.03. The van der Waals surface area contributed by atoms with Gasteiger partial charge in [0.25, 0.3) is 0 Å². The number of carboxylic acids is 1. The van der Waals surface area contributed by atoms with Gasteiger partial charge in [-0.25, -0.2) is 9.97 Å². The van der Waals surface area contributed by atoms with Crippen LogP contribution in [0.4, 0.5) is 17.3 Å². The number of aliphatic carboxylic acids is 1. The highest BCUT2D eigenvalue weighted by Gasteiger charge is 2.02. The van der Waals surface area contributed by atoms with Crippen LogP contribution >= 0.6 is 15.9 Å². The summed E-state index contributed by atoms with van der Waals surface area (Å²) in [6.07, 6.45) is 3.03. The van der Waals surface area contributed by atoms with E-state index in [1.54, 1.807) is 6.20 Å². The molecule has 0 aliphatic carbocycles. The molecule has 0 radical (unpaired) electrons. The molecule has 0 amide bonds. The fourth-order valence-electron chi connectivity index (χ4n) is 1.56. The van der Waals surface area contributed by atoms with Crippen molar-refractivity contribution in [2.45, 2.75) is 6.92 Å². The van der Waals surface area contributed by atoms with Gasteiger partial charge in [-0.1, -0.05) is 15.9 Å². The molecular formula is C13H13BrN4O2. The second-order valence-corrected chi connectivity index (χ2v) is 5.03. The summed E-state index contributed by atoms with van der Waals surface area (Å²) in [5.74, 6) is 0.0706. The summed E-state index contributed by atoms with van der Waals surface area (Å²) >= 11 is 3.41. The number of nitrogens with zero attached hydrogens (tertiary/aromatic N) is 2. The lowest BCUT2D eigenvalue weighted by atomic mass is 10.2. The molecule has 104 valence electrons. The molecule has 0 saturated carbocycles. The zero-order chi connectivity index (χ0) is 14.5. The Labute approximate surface area is 124 Å². The highest BCUT2D eigenvalue weighted by atomic mass is 79.9. The molecule has 20 heavy (non-hydrogen) atoms. The average Bonchev–Trinajstić information content (AvgIpc) is 2.41. The minimum absolute atomic E-state index is 0.187. The van der Waals surface area contributed by atoms with Gasteiger partial charge in [-0.2, -0.15) is 0 Å². The van der Waals surface area contributed by atoms with Crippen LogP contribution in [-0.4, -0.2) is 27.6 Å². The van der Waals surface area contributed by atoms with E-state index in [-0.39, 0.29) is 6.54 Å². The van der Waals surface area contributed by atoms with Gasteiger partial charge in [-0.05, 0) is 30.7 Å². The van der Waals surface area contributed by atoms with Crippen molar-refractivity contribution in [2.24, 2.45) is 0 Å². The third-order valence-electron chi connectivity index (χ3n) is 2.52. The normalized spacial score (nSPS) is 10.1. The van der Waals surface area contributed by atoms with E-state index in [4.69, 9.17) is 5.11 Å². The quantitative estimate of drug-likeness (QED) is 0.778. The van der Waals surface area contributed by atoms with Gasteiger partial charge in [0.15, 0.2) is 0 Å². The maximum absolute atomic E-state index is 10.4. The van der Waals surface area contributed by atoms with Gasteiger partial charge < -0.3 is 15.7 Å². The van der Waals surface area contributed by atoms with Crippen LogP contribution in [0.2, 0.25) is 0 Å². The van der Waals surface area contributed by atoms with Crippen molar-refractivity contribution in [1.29, 1.82) is 0 Å². The van der Waals surface area contributed by atoms with E-state index in [0.29, 0.717) is 11.6 Å². The number of benzene rings is 1. The standard InChI is InChI=1S/C13H13BrN4O2/c1-8-4-9(14)2-3-10(8)18-12-6-15-11(5-16-12)17-7-13(19)20/h2-6H,7H2,1H3,(H,15,17)(H,16,18)(H,19,20). The highest BCUT2D eigenvalue weighted by molar-refractivity contribution is 9.10. The van der Waals surface area contributed by atoms with Crippen molar-refractivity contribution in [3.63, 3.8) is 0 Å². The van der Waals surface area contributed by atoms with Gasteiger partial charge in [0.2, 0.25) is 0 Å². The third kappa shape index (κ3) is 3.92. The summed E-state index contributed by atoms with van der Waals surface area (Å²) in [5, 5.41) is 14.4. The Hall–Kier alpha value is -2.15. The van der Waals surface area contributed by atoms with Crippen LogP contribution in [0.25, 0.3) is 0 Å². The zero-order valence-electron chi connectivity index (χ0n) is 10.7. The lowest BCUT2D eigenvalue weighted by molar-refractivity contribution is -0.134.